The Bertz CT molecular complexity index is 456. The van der Waals surface area contributed by atoms with Crippen molar-refractivity contribution < 1.29 is 14.7 Å². The molecule has 0 unspecified atom stereocenters. The van der Waals surface area contributed by atoms with Crippen LogP contribution in [0.5, 0.6) is 0 Å². The Labute approximate surface area is 129 Å². The minimum atomic E-state index is -1.02. The standard InChI is InChI=1S/C12H15IN2O3S/c1-19-7-6-10(11(16)17)15-12(18)14-9-5-3-2-4-8(9)13/h2-5,10H,6-7H2,1H3,(H,16,17)(H2,14,15,18)/t10-/m0/s1. The summed E-state index contributed by atoms with van der Waals surface area (Å²) in [5.41, 5.74) is 0.662. The van der Waals surface area contributed by atoms with Crippen molar-refractivity contribution in [1.29, 1.82) is 0 Å². The molecule has 0 heterocycles. The number of carboxylic acid groups (broad SMARTS) is 1. The number of amides is 2. The fraction of sp³-hybridized carbons (Fsp3) is 0.333. The Balaban J connectivity index is 2.58. The van der Waals surface area contributed by atoms with Crippen molar-refractivity contribution in [3.05, 3.63) is 27.8 Å². The van der Waals surface area contributed by atoms with Crippen LogP contribution < -0.4 is 10.6 Å². The van der Waals surface area contributed by atoms with Gasteiger partial charge in [-0.2, -0.15) is 11.8 Å². The van der Waals surface area contributed by atoms with Crippen LogP contribution in [-0.2, 0) is 4.79 Å². The molecule has 1 rings (SSSR count). The van der Waals surface area contributed by atoms with Crippen molar-refractivity contribution in [2.75, 3.05) is 17.3 Å². The number of hydrogen-bond donors (Lipinski definition) is 3. The Morgan fingerprint density at radius 2 is 2.11 bits per heavy atom. The van der Waals surface area contributed by atoms with Crippen LogP contribution in [0.3, 0.4) is 0 Å². The topological polar surface area (TPSA) is 78.4 Å². The van der Waals surface area contributed by atoms with Crippen LogP contribution in [0.1, 0.15) is 6.42 Å². The van der Waals surface area contributed by atoms with Gasteiger partial charge in [0, 0.05) is 3.57 Å². The van der Waals surface area contributed by atoms with Gasteiger partial charge >= 0.3 is 12.0 Å². The number of thioether (sulfide) groups is 1. The molecule has 0 fully saturated rings. The van der Waals surface area contributed by atoms with E-state index in [1.165, 1.54) is 0 Å². The molecule has 5 nitrogen and oxygen atoms in total. The molecule has 0 saturated carbocycles. The number of aliphatic carboxylic acids is 1. The molecule has 1 aromatic carbocycles. The molecule has 0 bridgehead atoms. The quantitative estimate of drug-likeness (QED) is 0.649. The van der Waals surface area contributed by atoms with Gasteiger partial charge in [-0.1, -0.05) is 12.1 Å². The maximum atomic E-state index is 11.7. The maximum absolute atomic E-state index is 11.7. The third kappa shape index (κ3) is 5.68. The van der Waals surface area contributed by atoms with E-state index in [1.54, 1.807) is 23.9 Å². The lowest BCUT2D eigenvalue weighted by atomic mass is 10.2. The van der Waals surface area contributed by atoms with Crippen LogP contribution >= 0.6 is 34.4 Å². The van der Waals surface area contributed by atoms with Crippen LogP contribution in [0, 0.1) is 3.57 Å². The molecule has 0 aliphatic heterocycles. The molecular weight excluding hydrogens is 379 g/mol. The molecule has 2 amide bonds. The number of para-hydroxylation sites is 1. The first-order chi connectivity index (χ1) is 9.04. The van der Waals surface area contributed by atoms with E-state index in [4.69, 9.17) is 5.11 Å². The predicted octanol–water partition coefficient (Wildman–Crippen LogP) is 2.62. The Hall–Kier alpha value is -0.960. The number of hydrogen-bond acceptors (Lipinski definition) is 3. The fourth-order valence-corrected chi connectivity index (χ4v) is 2.37. The summed E-state index contributed by atoms with van der Waals surface area (Å²) in [6, 6.07) is 5.92. The summed E-state index contributed by atoms with van der Waals surface area (Å²) in [6.45, 7) is 0. The molecule has 0 aromatic heterocycles. The maximum Gasteiger partial charge on any atom is 0.326 e. The van der Waals surface area contributed by atoms with Gasteiger partial charge in [0.15, 0.2) is 0 Å². The van der Waals surface area contributed by atoms with Crippen molar-refractivity contribution in [1.82, 2.24) is 5.32 Å². The smallest absolute Gasteiger partial charge is 0.326 e. The summed E-state index contributed by atoms with van der Waals surface area (Å²) in [5.74, 6) is -0.341. The highest BCUT2D eigenvalue weighted by atomic mass is 127. The minimum absolute atomic E-state index is 0.399. The average Bonchev–Trinajstić information content (AvgIpc) is 2.37. The van der Waals surface area contributed by atoms with Gasteiger partial charge in [-0.15, -0.1) is 0 Å². The molecule has 0 saturated heterocycles. The van der Waals surface area contributed by atoms with E-state index >= 15 is 0 Å². The molecule has 1 aromatic rings. The number of halogens is 1. The zero-order valence-electron chi connectivity index (χ0n) is 10.4. The zero-order chi connectivity index (χ0) is 14.3. The lowest BCUT2D eigenvalue weighted by molar-refractivity contribution is -0.139. The second-order valence-electron chi connectivity index (χ2n) is 3.75. The molecule has 7 heteroatoms. The Morgan fingerprint density at radius 3 is 2.68 bits per heavy atom. The van der Waals surface area contributed by atoms with E-state index in [0.29, 0.717) is 17.9 Å². The van der Waals surface area contributed by atoms with Crippen LogP contribution in [-0.4, -0.2) is 35.2 Å². The van der Waals surface area contributed by atoms with Crippen molar-refractivity contribution in [3.8, 4) is 0 Å². The summed E-state index contributed by atoms with van der Waals surface area (Å²) < 4.78 is 0.895. The van der Waals surface area contributed by atoms with Gasteiger partial charge in [-0.3, -0.25) is 0 Å². The Morgan fingerprint density at radius 1 is 1.42 bits per heavy atom. The van der Waals surface area contributed by atoms with E-state index in [-0.39, 0.29) is 0 Å². The van der Waals surface area contributed by atoms with Crippen LogP contribution in [0.15, 0.2) is 24.3 Å². The summed E-state index contributed by atoms with van der Waals surface area (Å²) in [4.78, 5) is 22.8. The molecule has 104 valence electrons. The monoisotopic (exact) mass is 394 g/mol. The van der Waals surface area contributed by atoms with Gasteiger partial charge in [0.25, 0.3) is 0 Å². The number of nitrogens with one attached hydrogen (secondary N) is 2. The molecule has 0 spiro atoms. The molecule has 0 radical (unpaired) electrons. The van der Waals surface area contributed by atoms with E-state index in [1.807, 2.05) is 18.4 Å². The number of anilines is 1. The van der Waals surface area contributed by atoms with Gasteiger partial charge in [0.1, 0.15) is 6.04 Å². The largest absolute Gasteiger partial charge is 0.480 e. The van der Waals surface area contributed by atoms with Gasteiger partial charge in [0.05, 0.1) is 5.69 Å². The second-order valence-corrected chi connectivity index (χ2v) is 5.90. The first-order valence-electron chi connectivity index (χ1n) is 5.58. The first-order valence-corrected chi connectivity index (χ1v) is 8.05. The lowest BCUT2D eigenvalue weighted by Gasteiger charge is -2.15. The second kappa shape index (κ2) is 8.26. The van der Waals surface area contributed by atoms with Crippen LogP contribution in [0.2, 0.25) is 0 Å². The van der Waals surface area contributed by atoms with Crippen molar-refractivity contribution >= 4 is 52.0 Å². The summed E-state index contributed by atoms with van der Waals surface area (Å²) in [7, 11) is 0. The third-order valence-electron chi connectivity index (χ3n) is 2.34. The third-order valence-corrected chi connectivity index (χ3v) is 3.92. The molecule has 0 aliphatic carbocycles. The van der Waals surface area contributed by atoms with Gasteiger partial charge in [-0.05, 0) is 53.2 Å². The zero-order valence-corrected chi connectivity index (χ0v) is 13.3. The summed E-state index contributed by atoms with van der Waals surface area (Å²) in [5, 5.41) is 14.1. The summed E-state index contributed by atoms with van der Waals surface area (Å²) in [6.07, 6.45) is 2.29. The number of carboxylic acids is 1. The number of urea groups is 1. The van der Waals surface area contributed by atoms with E-state index in [0.717, 1.165) is 3.57 Å². The first kappa shape index (κ1) is 16.1. The molecule has 1 atom stereocenters. The van der Waals surface area contributed by atoms with E-state index < -0.39 is 18.0 Å². The highest BCUT2D eigenvalue weighted by Gasteiger charge is 2.19. The highest BCUT2D eigenvalue weighted by molar-refractivity contribution is 14.1. The van der Waals surface area contributed by atoms with Crippen molar-refractivity contribution in [2.24, 2.45) is 0 Å². The number of carbonyl (C=O) groups is 2. The molecule has 0 aliphatic rings. The van der Waals surface area contributed by atoms with Crippen LogP contribution in [0.4, 0.5) is 10.5 Å². The SMILES string of the molecule is CSCC[C@H](NC(=O)Nc1ccccc1I)C(=O)O. The van der Waals surface area contributed by atoms with E-state index in [9.17, 15) is 9.59 Å². The van der Waals surface area contributed by atoms with E-state index in [2.05, 4.69) is 33.2 Å². The normalized spacial score (nSPS) is 11.7. The van der Waals surface area contributed by atoms with Crippen LogP contribution in [0.25, 0.3) is 0 Å². The number of rotatable bonds is 6. The number of carbonyl (C=O) groups excluding carboxylic acids is 1. The predicted molar refractivity (Wildman–Crippen MR) is 85.7 cm³/mol. The highest BCUT2D eigenvalue weighted by Crippen LogP contribution is 2.16. The van der Waals surface area contributed by atoms with Gasteiger partial charge in [-0.25, -0.2) is 9.59 Å². The number of benzene rings is 1. The summed E-state index contributed by atoms with van der Waals surface area (Å²) >= 11 is 3.65. The lowest BCUT2D eigenvalue weighted by Crippen LogP contribution is -2.43. The van der Waals surface area contributed by atoms with Crippen molar-refractivity contribution in [2.45, 2.75) is 12.5 Å². The molecule has 3 N–H and O–H groups in total. The van der Waals surface area contributed by atoms with Gasteiger partial charge < -0.3 is 15.7 Å². The van der Waals surface area contributed by atoms with Crippen molar-refractivity contribution in [3.63, 3.8) is 0 Å². The Kier molecular flexibility index (Phi) is 7.00. The molecular formula is C12H15IN2O3S. The van der Waals surface area contributed by atoms with Gasteiger partial charge in [0.2, 0.25) is 0 Å². The minimum Gasteiger partial charge on any atom is -0.480 e. The average molecular weight is 394 g/mol. The fourth-order valence-electron chi connectivity index (χ4n) is 1.37. The molecule has 19 heavy (non-hydrogen) atoms.